The summed E-state index contributed by atoms with van der Waals surface area (Å²) >= 11 is 0. The van der Waals surface area contributed by atoms with Gasteiger partial charge in [0.25, 0.3) is 0 Å². The van der Waals surface area contributed by atoms with Gasteiger partial charge in [0.15, 0.2) is 0 Å². The summed E-state index contributed by atoms with van der Waals surface area (Å²) < 4.78 is 0. The molecule has 0 saturated heterocycles. The predicted octanol–water partition coefficient (Wildman–Crippen LogP) is 1.77. The quantitative estimate of drug-likeness (QED) is 0.708. The Kier molecular flexibility index (Phi) is 6.57. The highest BCUT2D eigenvalue weighted by Gasteiger charge is 2.19. The highest BCUT2D eigenvalue weighted by Crippen LogP contribution is 2.09. The molecule has 0 aromatic heterocycles. The molecule has 0 radical (unpaired) electrons. The van der Waals surface area contributed by atoms with Crippen LogP contribution in [0.2, 0.25) is 0 Å². The lowest BCUT2D eigenvalue weighted by Crippen LogP contribution is -2.46. The van der Waals surface area contributed by atoms with Crippen LogP contribution in [0.25, 0.3) is 0 Å². The minimum atomic E-state index is -0.366. The van der Waals surface area contributed by atoms with Crippen molar-refractivity contribution in [3.05, 3.63) is 0 Å². The first kappa shape index (κ1) is 14.4. The van der Waals surface area contributed by atoms with Crippen molar-refractivity contribution >= 4 is 5.91 Å². The molecular formula is C12H26N2O. The molecule has 1 amide bonds. The molecule has 0 fully saturated rings. The average Bonchev–Trinajstić information content (AvgIpc) is 2.22. The fraction of sp³-hybridized carbons (Fsp3) is 0.917. The van der Waals surface area contributed by atoms with E-state index < -0.39 is 0 Å². The Morgan fingerprint density at radius 2 is 1.73 bits per heavy atom. The molecule has 3 N–H and O–H groups in total. The summed E-state index contributed by atoms with van der Waals surface area (Å²) in [4.78, 5) is 11.6. The zero-order valence-corrected chi connectivity index (χ0v) is 10.7. The SMILES string of the molecule is CCC(C)C(N)C(=O)NCC(C)C(C)C. The summed E-state index contributed by atoms with van der Waals surface area (Å²) in [5.41, 5.74) is 5.82. The molecule has 3 nitrogen and oxygen atoms in total. The number of rotatable bonds is 6. The first-order valence-electron chi connectivity index (χ1n) is 5.93. The Morgan fingerprint density at radius 1 is 1.20 bits per heavy atom. The van der Waals surface area contributed by atoms with Gasteiger partial charge in [0, 0.05) is 6.54 Å². The van der Waals surface area contributed by atoms with E-state index in [2.05, 4.69) is 33.0 Å². The van der Waals surface area contributed by atoms with Crippen LogP contribution in [0.4, 0.5) is 0 Å². The summed E-state index contributed by atoms with van der Waals surface area (Å²) in [6.45, 7) is 11.2. The lowest BCUT2D eigenvalue weighted by Gasteiger charge is -2.21. The van der Waals surface area contributed by atoms with Crippen molar-refractivity contribution in [2.24, 2.45) is 23.5 Å². The maximum Gasteiger partial charge on any atom is 0.237 e. The van der Waals surface area contributed by atoms with Crippen molar-refractivity contribution in [3.63, 3.8) is 0 Å². The molecule has 0 aromatic rings. The smallest absolute Gasteiger partial charge is 0.237 e. The van der Waals surface area contributed by atoms with Crippen molar-refractivity contribution in [3.8, 4) is 0 Å². The number of carbonyl (C=O) groups is 1. The van der Waals surface area contributed by atoms with Crippen LogP contribution in [-0.4, -0.2) is 18.5 Å². The third-order valence-electron chi connectivity index (χ3n) is 3.30. The van der Waals surface area contributed by atoms with Crippen LogP contribution >= 0.6 is 0 Å². The van der Waals surface area contributed by atoms with Crippen LogP contribution in [-0.2, 0) is 4.79 Å². The largest absolute Gasteiger partial charge is 0.354 e. The molecule has 0 aliphatic rings. The number of nitrogens with one attached hydrogen (secondary N) is 1. The first-order valence-corrected chi connectivity index (χ1v) is 5.93. The van der Waals surface area contributed by atoms with E-state index >= 15 is 0 Å². The molecule has 0 bridgehead atoms. The van der Waals surface area contributed by atoms with Gasteiger partial charge in [-0.15, -0.1) is 0 Å². The van der Waals surface area contributed by atoms with E-state index in [1.165, 1.54) is 0 Å². The van der Waals surface area contributed by atoms with Crippen molar-refractivity contribution in [1.82, 2.24) is 5.32 Å². The Hall–Kier alpha value is -0.570. The van der Waals surface area contributed by atoms with E-state index in [0.717, 1.165) is 13.0 Å². The van der Waals surface area contributed by atoms with Gasteiger partial charge in [0.2, 0.25) is 5.91 Å². The molecule has 0 rings (SSSR count). The molecule has 3 heteroatoms. The minimum Gasteiger partial charge on any atom is -0.354 e. The van der Waals surface area contributed by atoms with Crippen molar-refractivity contribution < 1.29 is 4.79 Å². The summed E-state index contributed by atoms with van der Waals surface area (Å²) in [6, 6.07) is -0.366. The third-order valence-corrected chi connectivity index (χ3v) is 3.30. The lowest BCUT2D eigenvalue weighted by atomic mass is 9.96. The van der Waals surface area contributed by atoms with Crippen molar-refractivity contribution in [2.75, 3.05) is 6.54 Å². The topological polar surface area (TPSA) is 55.1 Å². The standard InChI is InChI=1S/C12H26N2O/c1-6-9(4)11(13)12(15)14-7-10(5)8(2)3/h8-11H,6-7,13H2,1-5H3,(H,14,15). The Balaban J connectivity index is 3.93. The fourth-order valence-corrected chi connectivity index (χ4v) is 1.13. The van der Waals surface area contributed by atoms with Gasteiger partial charge < -0.3 is 11.1 Å². The van der Waals surface area contributed by atoms with Gasteiger partial charge in [-0.2, -0.15) is 0 Å². The van der Waals surface area contributed by atoms with Gasteiger partial charge in [0.1, 0.15) is 0 Å². The zero-order valence-electron chi connectivity index (χ0n) is 10.7. The van der Waals surface area contributed by atoms with Crippen LogP contribution in [0.5, 0.6) is 0 Å². The third kappa shape index (κ3) is 5.17. The van der Waals surface area contributed by atoms with Gasteiger partial charge in [-0.05, 0) is 17.8 Å². The van der Waals surface area contributed by atoms with Crippen LogP contribution in [0.3, 0.4) is 0 Å². The molecule has 0 aliphatic heterocycles. The molecule has 15 heavy (non-hydrogen) atoms. The predicted molar refractivity (Wildman–Crippen MR) is 64.4 cm³/mol. The van der Waals surface area contributed by atoms with E-state index in [0.29, 0.717) is 11.8 Å². The van der Waals surface area contributed by atoms with E-state index in [1.54, 1.807) is 0 Å². The first-order chi connectivity index (χ1) is 6.90. The second kappa shape index (κ2) is 6.83. The maximum atomic E-state index is 11.6. The minimum absolute atomic E-state index is 0.0168. The van der Waals surface area contributed by atoms with Gasteiger partial charge in [0.05, 0.1) is 6.04 Å². The normalized spacial score (nSPS) is 17.3. The van der Waals surface area contributed by atoms with Gasteiger partial charge in [-0.25, -0.2) is 0 Å². The Morgan fingerprint density at radius 3 is 2.13 bits per heavy atom. The number of carbonyl (C=O) groups excluding carboxylic acids is 1. The van der Waals surface area contributed by atoms with Crippen LogP contribution in [0.1, 0.15) is 41.0 Å². The highest BCUT2D eigenvalue weighted by molar-refractivity contribution is 5.81. The summed E-state index contributed by atoms with van der Waals surface area (Å²) in [5.74, 6) is 1.32. The summed E-state index contributed by atoms with van der Waals surface area (Å²) in [5, 5.41) is 2.91. The molecule has 0 aromatic carbocycles. The molecule has 0 saturated carbocycles. The van der Waals surface area contributed by atoms with E-state index in [9.17, 15) is 4.79 Å². The molecular weight excluding hydrogens is 188 g/mol. The van der Waals surface area contributed by atoms with Crippen LogP contribution in [0.15, 0.2) is 0 Å². The van der Waals surface area contributed by atoms with E-state index in [-0.39, 0.29) is 17.9 Å². The second-order valence-electron chi connectivity index (χ2n) is 4.88. The monoisotopic (exact) mass is 214 g/mol. The van der Waals surface area contributed by atoms with Crippen molar-refractivity contribution in [2.45, 2.75) is 47.1 Å². The number of hydrogen-bond donors (Lipinski definition) is 2. The second-order valence-corrected chi connectivity index (χ2v) is 4.88. The summed E-state index contributed by atoms with van der Waals surface area (Å²) in [7, 11) is 0. The molecule has 3 unspecified atom stereocenters. The number of amides is 1. The maximum absolute atomic E-state index is 11.6. The molecule has 3 atom stereocenters. The number of nitrogens with two attached hydrogens (primary N) is 1. The molecule has 90 valence electrons. The lowest BCUT2D eigenvalue weighted by molar-refractivity contribution is -0.123. The number of hydrogen-bond acceptors (Lipinski definition) is 2. The molecule has 0 aliphatic carbocycles. The van der Waals surface area contributed by atoms with E-state index in [4.69, 9.17) is 5.73 Å². The highest BCUT2D eigenvalue weighted by atomic mass is 16.2. The zero-order chi connectivity index (χ0) is 12.0. The fourth-order valence-electron chi connectivity index (χ4n) is 1.13. The van der Waals surface area contributed by atoms with E-state index in [1.807, 2.05) is 6.92 Å². The van der Waals surface area contributed by atoms with Gasteiger partial charge >= 0.3 is 0 Å². The Bertz CT molecular complexity index is 192. The molecule has 0 heterocycles. The van der Waals surface area contributed by atoms with Crippen LogP contribution in [0, 0.1) is 17.8 Å². The Labute approximate surface area is 93.8 Å². The molecule has 0 spiro atoms. The average molecular weight is 214 g/mol. The van der Waals surface area contributed by atoms with Gasteiger partial charge in [-0.3, -0.25) is 4.79 Å². The van der Waals surface area contributed by atoms with Crippen LogP contribution < -0.4 is 11.1 Å². The van der Waals surface area contributed by atoms with Gasteiger partial charge in [-0.1, -0.05) is 41.0 Å². The van der Waals surface area contributed by atoms with Crippen molar-refractivity contribution in [1.29, 1.82) is 0 Å². The summed E-state index contributed by atoms with van der Waals surface area (Å²) in [6.07, 6.45) is 0.939.